The molecule has 2 aromatic carbocycles. The lowest BCUT2D eigenvalue weighted by atomic mass is 10.3. The summed E-state index contributed by atoms with van der Waals surface area (Å²) in [6.07, 6.45) is 0.160. The maximum absolute atomic E-state index is 13.1. The van der Waals surface area contributed by atoms with Crippen LogP contribution in [0, 0.1) is 5.82 Å². The molecule has 2 rings (SSSR count). The first kappa shape index (κ1) is 15.3. The van der Waals surface area contributed by atoms with Crippen molar-refractivity contribution in [3.05, 3.63) is 52.8 Å². The molecule has 0 radical (unpaired) electrons. The Bertz CT molecular complexity index is 632. The van der Waals surface area contributed by atoms with Crippen LogP contribution in [-0.2, 0) is 4.79 Å². The number of carbonyl (C=O) groups is 1. The Balaban J connectivity index is 1.82. The predicted octanol–water partition coefficient (Wildman–Crippen LogP) is 3.58. The smallest absolute Gasteiger partial charge is 0.227 e. The van der Waals surface area contributed by atoms with Crippen LogP contribution in [0.25, 0.3) is 0 Å². The van der Waals surface area contributed by atoms with Crippen molar-refractivity contribution >= 4 is 33.2 Å². The molecule has 0 saturated heterocycles. The van der Waals surface area contributed by atoms with Crippen molar-refractivity contribution in [1.29, 1.82) is 0 Å². The van der Waals surface area contributed by atoms with Crippen molar-refractivity contribution in [2.24, 2.45) is 0 Å². The number of rotatable bonds is 5. The predicted molar refractivity (Wildman–Crippen MR) is 83.7 cm³/mol. The highest BCUT2D eigenvalue weighted by Crippen LogP contribution is 2.23. The second-order valence-electron chi connectivity index (χ2n) is 4.34. The van der Waals surface area contributed by atoms with E-state index < -0.39 is 5.82 Å². The quantitative estimate of drug-likeness (QED) is 0.808. The van der Waals surface area contributed by atoms with Gasteiger partial charge in [-0.2, -0.15) is 0 Å². The molecule has 0 aliphatic rings. The van der Waals surface area contributed by atoms with Crippen molar-refractivity contribution in [2.45, 2.75) is 6.42 Å². The van der Waals surface area contributed by atoms with Crippen molar-refractivity contribution in [1.82, 2.24) is 0 Å². The summed E-state index contributed by atoms with van der Waals surface area (Å²) in [4.78, 5) is 11.8. The third-order valence-corrected chi connectivity index (χ3v) is 3.37. The molecule has 3 N–H and O–H groups in total. The van der Waals surface area contributed by atoms with Gasteiger partial charge >= 0.3 is 0 Å². The molecule has 2 aromatic rings. The third kappa shape index (κ3) is 4.75. The molecule has 0 unspecified atom stereocenters. The highest BCUT2D eigenvalue weighted by atomic mass is 79.9. The molecule has 0 bridgehead atoms. The van der Waals surface area contributed by atoms with E-state index in [1.165, 1.54) is 18.2 Å². The minimum Gasteiger partial charge on any atom is -0.493 e. The average Bonchev–Trinajstić information content (AvgIpc) is 2.45. The molecule has 4 nitrogen and oxygen atoms in total. The van der Waals surface area contributed by atoms with Crippen LogP contribution in [0.2, 0.25) is 0 Å². The van der Waals surface area contributed by atoms with Gasteiger partial charge in [0.2, 0.25) is 5.91 Å². The number of carbonyl (C=O) groups excluding carboxylic acids is 1. The van der Waals surface area contributed by atoms with Crippen LogP contribution in [-0.4, -0.2) is 12.5 Å². The van der Waals surface area contributed by atoms with E-state index in [2.05, 4.69) is 21.2 Å². The summed E-state index contributed by atoms with van der Waals surface area (Å²) in [5, 5.41) is 2.62. The van der Waals surface area contributed by atoms with Crippen molar-refractivity contribution in [3.8, 4) is 5.75 Å². The molecular formula is C15H14BrFN2O2. The number of nitrogens with one attached hydrogen (secondary N) is 1. The van der Waals surface area contributed by atoms with Gasteiger partial charge in [0.25, 0.3) is 0 Å². The van der Waals surface area contributed by atoms with Crippen molar-refractivity contribution in [2.75, 3.05) is 17.7 Å². The first-order valence-corrected chi connectivity index (χ1v) is 7.07. The van der Waals surface area contributed by atoms with Gasteiger partial charge in [-0.3, -0.25) is 4.79 Å². The van der Waals surface area contributed by atoms with Crippen LogP contribution in [0.5, 0.6) is 5.75 Å². The van der Waals surface area contributed by atoms with Crippen molar-refractivity contribution < 1.29 is 13.9 Å². The summed E-state index contributed by atoms with van der Waals surface area (Å²) in [7, 11) is 0. The van der Waals surface area contributed by atoms with Gasteiger partial charge in [-0.15, -0.1) is 0 Å². The van der Waals surface area contributed by atoms with E-state index in [0.29, 0.717) is 21.6 Å². The molecule has 0 aromatic heterocycles. The first-order chi connectivity index (χ1) is 10.0. The minimum absolute atomic E-state index is 0.160. The fourth-order valence-electron chi connectivity index (χ4n) is 1.63. The summed E-state index contributed by atoms with van der Waals surface area (Å²) >= 11 is 3.25. The van der Waals surface area contributed by atoms with Crippen LogP contribution in [0.4, 0.5) is 15.8 Å². The van der Waals surface area contributed by atoms with E-state index >= 15 is 0 Å². The molecule has 6 heteroatoms. The van der Waals surface area contributed by atoms with Crippen molar-refractivity contribution in [3.63, 3.8) is 0 Å². The van der Waals surface area contributed by atoms with E-state index in [4.69, 9.17) is 10.5 Å². The van der Waals surface area contributed by atoms with E-state index in [1.807, 2.05) is 0 Å². The van der Waals surface area contributed by atoms with Gasteiger partial charge in [0.15, 0.2) is 0 Å². The Morgan fingerprint density at radius 3 is 2.67 bits per heavy atom. The summed E-state index contributed by atoms with van der Waals surface area (Å²) in [6, 6.07) is 11.0. The maximum atomic E-state index is 13.1. The van der Waals surface area contributed by atoms with Crippen LogP contribution >= 0.6 is 15.9 Å². The Hall–Kier alpha value is -2.08. The van der Waals surface area contributed by atoms with E-state index in [-0.39, 0.29) is 18.9 Å². The number of nitrogens with two attached hydrogens (primary N) is 1. The molecule has 21 heavy (non-hydrogen) atoms. The van der Waals surface area contributed by atoms with Gasteiger partial charge in [-0.25, -0.2) is 4.39 Å². The van der Waals surface area contributed by atoms with E-state index in [1.54, 1.807) is 24.3 Å². The van der Waals surface area contributed by atoms with E-state index in [0.717, 1.165) is 0 Å². The standard InChI is InChI=1S/C15H14BrFN2O2/c16-13-6-1-10(17)9-14(13)19-15(20)7-8-21-12-4-2-11(18)3-5-12/h1-6,9H,7-8,18H2,(H,19,20). The largest absolute Gasteiger partial charge is 0.493 e. The summed E-state index contributed by atoms with van der Waals surface area (Å²) in [5.41, 5.74) is 6.61. The Labute approximate surface area is 130 Å². The zero-order valence-electron chi connectivity index (χ0n) is 11.1. The van der Waals surface area contributed by atoms with Gasteiger partial charge in [-0.05, 0) is 58.4 Å². The van der Waals surface area contributed by atoms with Gasteiger partial charge < -0.3 is 15.8 Å². The Kier molecular flexibility index (Phi) is 5.16. The average molecular weight is 353 g/mol. The SMILES string of the molecule is Nc1ccc(OCCC(=O)Nc2cc(F)ccc2Br)cc1. The number of hydrogen-bond acceptors (Lipinski definition) is 3. The second-order valence-corrected chi connectivity index (χ2v) is 5.19. The molecule has 1 amide bonds. The Morgan fingerprint density at radius 2 is 1.95 bits per heavy atom. The number of nitrogen functional groups attached to an aromatic ring is 1. The number of hydrogen-bond donors (Lipinski definition) is 2. The van der Waals surface area contributed by atoms with Crippen LogP contribution in [0.15, 0.2) is 46.9 Å². The summed E-state index contributed by atoms with van der Waals surface area (Å²) < 4.78 is 19.1. The zero-order valence-corrected chi connectivity index (χ0v) is 12.7. The normalized spacial score (nSPS) is 10.2. The number of amides is 1. The second kappa shape index (κ2) is 7.08. The molecule has 0 fully saturated rings. The summed E-state index contributed by atoms with van der Waals surface area (Å²) in [5.74, 6) is -0.0210. The molecule has 110 valence electrons. The van der Waals surface area contributed by atoms with Crippen LogP contribution in [0.1, 0.15) is 6.42 Å². The number of halogens is 2. The fraction of sp³-hybridized carbons (Fsp3) is 0.133. The lowest BCUT2D eigenvalue weighted by molar-refractivity contribution is -0.116. The molecule has 0 heterocycles. The monoisotopic (exact) mass is 352 g/mol. The summed E-state index contributed by atoms with van der Waals surface area (Å²) in [6.45, 7) is 0.225. The topological polar surface area (TPSA) is 64.3 Å². The van der Waals surface area contributed by atoms with Gasteiger partial charge in [0.1, 0.15) is 11.6 Å². The fourth-order valence-corrected chi connectivity index (χ4v) is 1.98. The minimum atomic E-state index is -0.411. The molecule has 0 saturated carbocycles. The highest BCUT2D eigenvalue weighted by Gasteiger charge is 2.07. The maximum Gasteiger partial charge on any atom is 0.227 e. The van der Waals surface area contributed by atoms with Gasteiger partial charge in [0, 0.05) is 10.2 Å². The number of anilines is 2. The van der Waals surface area contributed by atoms with Gasteiger partial charge in [-0.1, -0.05) is 0 Å². The lowest BCUT2D eigenvalue weighted by Gasteiger charge is -2.09. The third-order valence-electron chi connectivity index (χ3n) is 2.68. The van der Waals surface area contributed by atoms with Crippen LogP contribution in [0.3, 0.4) is 0 Å². The number of benzene rings is 2. The highest BCUT2D eigenvalue weighted by molar-refractivity contribution is 9.10. The molecule has 0 spiro atoms. The van der Waals surface area contributed by atoms with Crippen LogP contribution < -0.4 is 15.8 Å². The van der Waals surface area contributed by atoms with Gasteiger partial charge in [0.05, 0.1) is 18.7 Å². The zero-order chi connectivity index (χ0) is 15.2. The number of ether oxygens (including phenoxy) is 1. The molecular weight excluding hydrogens is 339 g/mol. The Morgan fingerprint density at radius 1 is 1.24 bits per heavy atom. The first-order valence-electron chi connectivity index (χ1n) is 6.28. The molecule has 0 atom stereocenters. The molecule has 0 aliphatic carbocycles. The lowest BCUT2D eigenvalue weighted by Crippen LogP contribution is -2.15. The molecule has 0 aliphatic heterocycles. The van der Waals surface area contributed by atoms with E-state index in [9.17, 15) is 9.18 Å².